The quantitative estimate of drug-likeness (QED) is 0.539. The number of thioether (sulfide) groups is 1. The summed E-state index contributed by atoms with van der Waals surface area (Å²) in [4.78, 5) is 12.5. The highest BCUT2D eigenvalue weighted by molar-refractivity contribution is 7.99. The van der Waals surface area contributed by atoms with Gasteiger partial charge in [-0.05, 0) is 44.0 Å². The van der Waals surface area contributed by atoms with Crippen molar-refractivity contribution in [2.45, 2.75) is 50.2 Å². The van der Waals surface area contributed by atoms with Gasteiger partial charge in [0.15, 0.2) is 11.0 Å². The zero-order chi connectivity index (χ0) is 21.6. The second-order valence-electron chi connectivity index (χ2n) is 7.87. The van der Waals surface area contributed by atoms with E-state index in [1.807, 2.05) is 41.0 Å². The van der Waals surface area contributed by atoms with Crippen LogP contribution in [0, 0.1) is 6.92 Å². The van der Waals surface area contributed by atoms with Gasteiger partial charge >= 0.3 is 0 Å². The van der Waals surface area contributed by atoms with E-state index in [9.17, 15) is 4.79 Å². The van der Waals surface area contributed by atoms with E-state index in [0.29, 0.717) is 22.8 Å². The lowest BCUT2D eigenvalue weighted by molar-refractivity contribution is -0.119. The third kappa shape index (κ3) is 5.10. The number of nitrogens with zero attached hydrogens (tertiary/aromatic N) is 3. The van der Waals surface area contributed by atoms with E-state index >= 15 is 0 Å². The molecule has 4 rings (SSSR count). The standard InChI is InChI=1S/C24H28N4O2S/c1-17-12-14-19(15-13-17)28-23(20-10-6-7-11-21(20)30-2)26-27-24(28)31-16-22(29)25-18-8-4-3-5-9-18/h6-7,10-15,18H,3-5,8-9,16H2,1-2H3,(H,25,29). The molecular formula is C24H28N4O2S. The van der Waals surface area contributed by atoms with Gasteiger partial charge in [0.1, 0.15) is 5.75 Å². The molecule has 0 bridgehead atoms. The van der Waals surface area contributed by atoms with Crippen LogP contribution in [0.2, 0.25) is 0 Å². The van der Waals surface area contributed by atoms with Crippen LogP contribution >= 0.6 is 11.8 Å². The number of carbonyl (C=O) groups is 1. The number of aryl methyl sites for hydroxylation is 1. The maximum absolute atomic E-state index is 12.5. The molecule has 1 aliphatic rings. The Balaban J connectivity index is 1.60. The van der Waals surface area contributed by atoms with Crippen LogP contribution < -0.4 is 10.1 Å². The Labute approximate surface area is 187 Å². The topological polar surface area (TPSA) is 69.0 Å². The van der Waals surface area contributed by atoms with Crippen molar-refractivity contribution in [2.75, 3.05) is 12.9 Å². The smallest absolute Gasteiger partial charge is 0.230 e. The van der Waals surface area contributed by atoms with Crippen LogP contribution in [0.3, 0.4) is 0 Å². The summed E-state index contributed by atoms with van der Waals surface area (Å²) in [6.07, 6.45) is 5.82. The number of amides is 1. The van der Waals surface area contributed by atoms with Crippen molar-refractivity contribution in [3.05, 3.63) is 54.1 Å². The maximum atomic E-state index is 12.5. The zero-order valence-corrected chi connectivity index (χ0v) is 18.8. The predicted molar refractivity (Wildman–Crippen MR) is 124 cm³/mol. The van der Waals surface area contributed by atoms with E-state index < -0.39 is 0 Å². The molecule has 0 spiro atoms. The molecule has 1 fully saturated rings. The number of nitrogens with one attached hydrogen (secondary N) is 1. The highest BCUT2D eigenvalue weighted by Crippen LogP contribution is 2.33. The number of hydrogen-bond acceptors (Lipinski definition) is 5. The third-order valence-corrected chi connectivity index (χ3v) is 6.51. The summed E-state index contributed by atoms with van der Waals surface area (Å²) in [7, 11) is 1.65. The molecule has 0 unspecified atom stereocenters. The lowest BCUT2D eigenvalue weighted by Gasteiger charge is -2.22. The number of aromatic nitrogens is 3. The molecule has 1 amide bonds. The fourth-order valence-electron chi connectivity index (χ4n) is 3.94. The number of rotatable bonds is 7. The van der Waals surface area contributed by atoms with E-state index in [1.54, 1.807) is 7.11 Å². The summed E-state index contributed by atoms with van der Waals surface area (Å²) in [5, 5.41) is 12.8. The van der Waals surface area contributed by atoms with Gasteiger partial charge in [-0.25, -0.2) is 0 Å². The van der Waals surface area contributed by atoms with Gasteiger partial charge in [-0.3, -0.25) is 9.36 Å². The van der Waals surface area contributed by atoms with Crippen LogP contribution in [-0.2, 0) is 4.79 Å². The van der Waals surface area contributed by atoms with Crippen molar-refractivity contribution in [1.82, 2.24) is 20.1 Å². The summed E-state index contributed by atoms with van der Waals surface area (Å²) in [6.45, 7) is 2.06. The molecule has 0 saturated heterocycles. The molecule has 3 aromatic rings. The van der Waals surface area contributed by atoms with Gasteiger partial charge in [-0.15, -0.1) is 10.2 Å². The number of carbonyl (C=O) groups excluding carboxylic acids is 1. The lowest BCUT2D eigenvalue weighted by Crippen LogP contribution is -2.37. The maximum Gasteiger partial charge on any atom is 0.230 e. The van der Waals surface area contributed by atoms with E-state index in [-0.39, 0.29) is 5.91 Å². The van der Waals surface area contributed by atoms with Crippen molar-refractivity contribution in [2.24, 2.45) is 0 Å². The highest BCUT2D eigenvalue weighted by Gasteiger charge is 2.21. The minimum Gasteiger partial charge on any atom is -0.496 e. The molecule has 31 heavy (non-hydrogen) atoms. The van der Waals surface area contributed by atoms with Gasteiger partial charge in [0.2, 0.25) is 5.91 Å². The minimum atomic E-state index is 0.0502. The normalized spacial score (nSPS) is 14.4. The van der Waals surface area contributed by atoms with E-state index in [2.05, 4.69) is 34.6 Å². The summed E-state index contributed by atoms with van der Waals surface area (Å²) < 4.78 is 7.55. The fraction of sp³-hybridized carbons (Fsp3) is 0.375. The van der Waals surface area contributed by atoms with Crippen molar-refractivity contribution < 1.29 is 9.53 Å². The van der Waals surface area contributed by atoms with E-state index in [1.165, 1.54) is 36.6 Å². The number of para-hydroxylation sites is 1. The molecule has 1 heterocycles. The number of ether oxygens (including phenoxy) is 1. The first-order valence-corrected chi connectivity index (χ1v) is 11.7. The minimum absolute atomic E-state index is 0.0502. The molecule has 162 valence electrons. The SMILES string of the molecule is COc1ccccc1-c1nnc(SCC(=O)NC2CCCCC2)n1-c1ccc(C)cc1. The largest absolute Gasteiger partial charge is 0.496 e. The van der Waals surface area contributed by atoms with Gasteiger partial charge in [-0.1, -0.05) is 60.9 Å². The molecule has 1 aliphatic carbocycles. The summed E-state index contributed by atoms with van der Waals surface area (Å²) in [5.41, 5.74) is 2.99. The average molecular weight is 437 g/mol. The molecule has 0 radical (unpaired) electrons. The Kier molecular flexibility index (Phi) is 6.92. The Bertz CT molecular complexity index is 1030. The van der Waals surface area contributed by atoms with Crippen molar-refractivity contribution in [3.63, 3.8) is 0 Å². The van der Waals surface area contributed by atoms with Crippen LogP contribution in [0.15, 0.2) is 53.7 Å². The van der Waals surface area contributed by atoms with Gasteiger partial charge in [-0.2, -0.15) is 0 Å². The van der Waals surface area contributed by atoms with E-state index in [4.69, 9.17) is 4.74 Å². The molecule has 1 N–H and O–H groups in total. The van der Waals surface area contributed by atoms with Gasteiger partial charge in [0.05, 0.1) is 18.4 Å². The first-order valence-electron chi connectivity index (χ1n) is 10.7. The van der Waals surface area contributed by atoms with Crippen LogP contribution in [0.25, 0.3) is 17.1 Å². The molecule has 7 heteroatoms. The van der Waals surface area contributed by atoms with Gasteiger partial charge in [0, 0.05) is 11.7 Å². The number of methoxy groups -OCH3 is 1. The second kappa shape index (κ2) is 10.0. The predicted octanol–water partition coefficient (Wildman–Crippen LogP) is 4.79. The average Bonchev–Trinajstić information content (AvgIpc) is 3.22. The molecule has 0 aliphatic heterocycles. The van der Waals surface area contributed by atoms with Crippen molar-refractivity contribution >= 4 is 17.7 Å². The van der Waals surface area contributed by atoms with E-state index in [0.717, 1.165) is 29.8 Å². The molecule has 1 aromatic heterocycles. The molecule has 1 saturated carbocycles. The molecule has 0 atom stereocenters. The summed E-state index contributed by atoms with van der Waals surface area (Å²) in [6, 6.07) is 16.3. The van der Waals surface area contributed by atoms with Gasteiger partial charge < -0.3 is 10.1 Å². The Morgan fingerprint density at radius 3 is 2.58 bits per heavy atom. The molecule has 6 nitrogen and oxygen atoms in total. The fourth-order valence-corrected chi connectivity index (χ4v) is 4.70. The van der Waals surface area contributed by atoms with Crippen molar-refractivity contribution in [1.29, 1.82) is 0 Å². The second-order valence-corrected chi connectivity index (χ2v) is 8.81. The molecule has 2 aromatic carbocycles. The Hall–Kier alpha value is -2.80. The van der Waals surface area contributed by atoms with Crippen LogP contribution in [-0.4, -0.2) is 39.6 Å². The summed E-state index contributed by atoms with van der Waals surface area (Å²) in [5.74, 6) is 1.78. The van der Waals surface area contributed by atoms with Crippen molar-refractivity contribution in [3.8, 4) is 22.8 Å². The monoisotopic (exact) mass is 436 g/mol. The molecular weight excluding hydrogens is 408 g/mol. The van der Waals surface area contributed by atoms with Crippen LogP contribution in [0.1, 0.15) is 37.7 Å². The zero-order valence-electron chi connectivity index (χ0n) is 18.0. The first-order chi connectivity index (χ1) is 15.2. The highest BCUT2D eigenvalue weighted by atomic mass is 32.2. The van der Waals surface area contributed by atoms with Crippen LogP contribution in [0.4, 0.5) is 0 Å². The summed E-state index contributed by atoms with van der Waals surface area (Å²) >= 11 is 1.41. The lowest BCUT2D eigenvalue weighted by atomic mass is 9.95. The first kappa shape index (κ1) is 21.4. The number of hydrogen-bond donors (Lipinski definition) is 1. The van der Waals surface area contributed by atoms with Crippen LogP contribution in [0.5, 0.6) is 5.75 Å². The Morgan fingerprint density at radius 2 is 1.84 bits per heavy atom. The third-order valence-electron chi connectivity index (χ3n) is 5.58. The number of benzene rings is 2. The Morgan fingerprint density at radius 1 is 1.10 bits per heavy atom. The van der Waals surface area contributed by atoms with Gasteiger partial charge in [0.25, 0.3) is 0 Å².